The molecule has 1 saturated carbocycles. The summed E-state index contributed by atoms with van der Waals surface area (Å²) in [5.41, 5.74) is 0. The van der Waals surface area contributed by atoms with Gasteiger partial charge in [-0.15, -0.1) is 0 Å². The van der Waals surface area contributed by atoms with E-state index in [0.29, 0.717) is 25.0 Å². The monoisotopic (exact) mass is 352 g/mol. The Morgan fingerprint density at radius 3 is 2.28 bits per heavy atom. The van der Waals surface area contributed by atoms with Crippen molar-refractivity contribution in [2.45, 2.75) is 110 Å². The molecule has 4 atom stereocenters. The molecule has 1 rings (SSSR count). The number of rotatable bonds is 14. The molecular weight excluding hydrogens is 312 g/mol. The average molecular weight is 353 g/mol. The normalized spacial score (nSPS) is 26.6. The third-order valence-electron chi connectivity index (χ3n) is 5.64. The summed E-state index contributed by atoms with van der Waals surface area (Å²) in [6.07, 6.45) is 16.0. The van der Waals surface area contributed by atoms with Crippen LogP contribution in [0.3, 0.4) is 0 Å². The lowest BCUT2D eigenvalue weighted by atomic mass is 9.86. The molecule has 1 aliphatic rings. The molecule has 0 amide bonds. The molecule has 0 aromatic carbocycles. The van der Waals surface area contributed by atoms with Crippen molar-refractivity contribution in [2.24, 2.45) is 11.8 Å². The Balaban J connectivity index is 2.32. The van der Waals surface area contributed by atoms with Gasteiger partial charge in [-0.2, -0.15) is 0 Å². The van der Waals surface area contributed by atoms with E-state index >= 15 is 0 Å². The first-order valence-electron chi connectivity index (χ1n) is 10.6. The van der Waals surface area contributed by atoms with E-state index < -0.39 is 12.2 Å². The number of aliphatic hydroxyl groups is 2. The van der Waals surface area contributed by atoms with E-state index in [1.807, 2.05) is 0 Å². The van der Waals surface area contributed by atoms with Crippen molar-refractivity contribution in [3.05, 3.63) is 12.2 Å². The average Bonchev–Trinajstić information content (AvgIpc) is 2.85. The zero-order chi connectivity index (χ0) is 18.5. The number of carbonyl (C=O) groups excluding carboxylic acids is 1. The fourth-order valence-electron chi connectivity index (χ4n) is 3.98. The van der Waals surface area contributed by atoms with Crippen LogP contribution in [0.5, 0.6) is 0 Å². The second-order valence-corrected chi connectivity index (χ2v) is 7.79. The Labute approximate surface area is 154 Å². The zero-order valence-electron chi connectivity index (χ0n) is 16.5. The van der Waals surface area contributed by atoms with Gasteiger partial charge < -0.3 is 10.2 Å². The molecule has 0 aromatic heterocycles. The molecule has 25 heavy (non-hydrogen) atoms. The van der Waals surface area contributed by atoms with Crippen LogP contribution in [-0.2, 0) is 4.79 Å². The van der Waals surface area contributed by atoms with E-state index in [-0.39, 0.29) is 11.8 Å². The number of unbranched alkanes of at least 4 members (excludes halogenated alkanes) is 6. The molecule has 0 saturated heterocycles. The van der Waals surface area contributed by atoms with Gasteiger partial charge in [0, 0.05) is 12.8 Å². The van der Waals surface area contributed by atoms with Crippen molar-refractivity contribution < 1.29 is 15.0 Å². The standard InChI is InChI=1S/C22H40O3/c1-3-5-7-9-11-13-18(23)15-16-20-19(21(24)17-22(20)25)14-12-10-8-6-4-2/h10,12,19-22,24-25H,3-9,11,13-17H2,1-2H3/b12-10-/t19-,20-,21+,22-/m1/s1. The number of carbonyl (C=O) groups is 1. The largest absolute Gasteiger partial charge is 0.393 e. The Hall–Kier alpha value is -0.670. The Morgan fingerprint density at radius 1 is 0.880 bits per heavy atom. The van der Waals surface area contributed by atoms with Crippen molar-refractivity contribution in [1.82, 2.24) is 0 Å². The summed E-state index contributed by atoms with van der Waals surface area (Å²) in [5, 5.41) is 20.5. The summed E-state index contributed by atoms with van der Waals surface area (Å²) < 4.78 is 0. The van der Waals surface area contributed by atoms with Gasteiger partial charge in [0.05, 0.1) is 12.2 Å². The predicted molar refractivity (Wildman–Crippen MR) is 105 cm³/mol. The highest BCUT2D eigenvalue weighted by Crippen LogP contribution is 2.38. The highest BCUT2D eigenvalue weighted by Gasteiger charge is 2.40. The lowest BCUT2D eigenvalue weighted by molar-refractivity contribution is -0.119. The molecule has 146 valence electrons. The fourth-order valence-corrected chi connectivity index (χ4v) is 3.98. The molecule has 3 nitrogen and oxygen atoms in total. The van der Waals surface area contributed by atoms with Gasteiger partial charge in [-0.05, 0) is 43.9 Å². The third-order valence-corrected chi connectivity index (χ3v) is 5.64. The molecule has 0 radical (unpaired) electrons. The van der Waals surface area contributed by atoms with Gasteiger partial charge >= 0.3 is 0 Å². The van der Waals surface area contributed by atoms with Crippen molar-refractivity contribution in [1.29, 1.82) is 0 Å². The van der Waals surface area contributed by atoms with Crippen LogP contribution in [0.2, 0.25) is 0 Å². The van der Waals surface area contributed by atoms with Gasteiger partial charge in [0.15, 0.2) is 0 Å². The number of Topliss-reactive ketones (excluding diaryl/α,β-unsaturated/α-hetero) is 1. The van der Waals surface area contributed by atoms with Gasteiger partial charge in [0.25, 0.3) is 0 Å². The maximum Gasteiger partial charge on any atom is 0.132 e. The van der Waals surface area contributed by atoms with Gasteiger partial charge in [-0.1, -0.05) is 64.5 Å². The van der Waals surface area contributed by atoms with Crippen molar-refractivity contribution in [2.75, 3.05) is 0 Å². The van der Waals surface area contributed by atoms with Crippen molar-refractivity contribution in [3.63, 3.8) is 0 Å². The minimum atomic E-state index is -0.457. The molecule has 3 heteroatoms. The Morgan fingerprint density at radius 2 is 1.56 bits per heavy atom. The number of hydrogen-bond donors (Lipinski definition) is 2. The number of ketones is 1. The first kappa shape index (κ1) is 22.4. The van der Waals surface area contributed by atoms with Crippen LogP contribution < -0.4 is 0 Å². The second-order valence-electron chi connectivity index (χ2n) is 7.79. The first-order chi connectivity index (χ1) is 12.1. The highest BCUT2D eigenvalue weighted by atomic mass is 16.3. The van der Waals surface area contributed by atoms with E-state index in [1.165, 1.54) is 32.1 Å². The summed E-state index contributed by atoms with van der Waals surface area (Å²) in [7, 11) is 0. The molecule has 1 aliphatic carbocycles. The van der Waals surface area contributed by atoms with Crippen LogP contribution in [0, 0.1) is 11.8 Å². The quantitative estimate of drug-likeness (QED) is 0.334. The van der Waals surface area contributed by atoms with Crippen LogP contribution in [0.25, 0.3) is 0 Å². The maximum atomic E-state index is 12.1. The summed E-state index contributed by atoms with van der Waals surface area (Å²) in [4.78, 5) is 12.1. The van der Waals surface area contributed by atoms with Gasteiger partial charge in [0.2, 0.25) is 0 Å². The minimum absolute atomic E-state index is 0.0647. The Bertz CT molecular complexity index is 377. The topological polar surface area (TPSA) is 57.5 Å². The first-order valence-corrected chi connectivity index (χ1v) is 10.6. The summed E-state index contributed by atoms with van der Waals surface area (Å²) in [6, 6.07) is 0. The van der Waals surface area contributed by atoms with Crippen LogP contribution in [-0.4, -0.2) is 28.2 Å². The van der Waals surface area contributed by atoms with Crippen LogP contribution in [0.4, 0.5) is 0 Å². The molecule has 0 unspecified atom stereocenters. The highest BCUT2D eigenvalue weighted by molar-refractivity contribution is 5.78. The van der Waals surface area contributed by atoms with E-state index in [2.05, 4.69) is 26.0 Å². The Kier molecular flexibility index (Phi) is 12.1. The summed E-state index contributed by atoms with van der Waals surface area (Å²) in [6.45, 7) is 4.38. The second kappa shape index (κ2) is 13.5. The van der Waals surface area contributed by atoms with Gasteiger partial charge in [-0.3, -0.25) is 4.79 Å². The minimum Gasteiger partial charge on any atom is -0.393 e. The van der Waals surface area contributed by atoms with Crippen LogP contribution in [0.1, 0.15) is 97.3 Å². The van der Waals surface area contributed by atoms with Crippen LogP contribution in [0.15, 0.2) is 12.2 Å². The molecule has 0 bridgehead atoms. The lowest BCUT2D eigenvalue weighted by Gasteiger charge is -2.22. The van der Waals surface area contributed by atoms with E-state index in [9.17, 15) is 15.0 Å². The lowest BCUT2D eigenvalue weighted by Crippen LogP contribution is -2.22. The summed E-state index contributed by atoms with van der Waals surface area (Å²) in [5.74, 6) is 0.488. The SMILES string of the molecule is CCCC/C=C\C[C@@H]1[C@@H](CCC(=O)CCCCCCC)[C@H](O)C[C@@H]1O. The van der Waals surface area contributed by atoms with Crippen molar-refractivity contribution >= 4 is 5.78 Å². The van der Waals surface area contributed by atoms with E-state index in [4.69, 9.17) is 0 Å². The third kappa shape index (κ3) is 9.01. The molecule has 0 aliphatic heterocycles. The maximum absolute atomic E-state index is 12.1. The zero-order valence-corrected chi connectivity index (χ0v) is 16.5. The van der Waals surface area contributed by atoms with E-state index in [0.717, 1.165) is 32.1 Å². The molecule has 2 N–H and O–H groups in total. The van der Waals surface area contributed by atoms with Gasteiger partial charge in [-0.25, -0.2) is 0 Å². The number of hydrogen-bond acceptors (Lipinski definition) is 3. The fraction of sp³-hybridized carbons (Fsp3) is 0.864. The van der Waals surface area contributed by atoms with Crippen LogP contribution >= 0.6 is 0 Å². The predicted octanol–water partition coefficient (Wildman–Crippen LogP) is 5.19. The molecule has 0 aromatic rings. The van der Waals surface area contributed by atoms with E-state index in [1.54, 1.807) is 0 Å². The molecule has 1 fully saturated rings. The number of aliphatic hydroxyl groups excluding tert-OH is 2. The summed E-state index contributed by atoms with van der Waals surface area (Å²) >= 11 is 0. The number of allylic oxidation sites excluding steroid dienone is 2. The smallest absolute Gasteiger partial charge is 0.132 e. The van der Waals surface area contributed by atoms with Gasteiger partial charge in [0.1, 0.15) is 5.78 Å². The molecular formula is C22H40O3. The molecule has 0 spiro atoms. The van der Waals surface area contributed by atoms with Crippen molar-refractivity contribution in [3.8, 4) is 0 Å². The molecule has 0 heterocycles.